The van der Waals surface area contributed by atoms with E-state index in [9.17, 15) is 13.2 Å². The molecule has 0 saturated heterocycles. The summed E-state index contributed by atoms with van der Waals surface area (Å²) < 4.78 is 26.9. The summed E-state index contributed by atoms with van der Waals surface area (Å²) in [6.45, 7) is 2.68. The first-order valence-corrected chi connectivity index (χ1v) is 11.8. The van der Waals surface area contributed by atoms with Crippen molar-refractivity contribution in [1.29, 1.82) is 0 Å². The van der Waals surface area contributed by atoms with E-state index in [1.165, 1.54) is 16.9 Å². The van der Waals surface area contributed by atoms with Crippen molar-refractivity contribution in [3.8, 4) is 0 Å². The van der Waals surface area contributed by atoms with Crippen molar-refractivity contribution in [3.63, 3.8) is 0 Å². The molecular formula is C25H28N2O3S. The van der Waals surface area contributed by atoms with Crippen LogP contribution < -0.4 is 9.62 Å². The second kappa shape index (κ2) is 10.3. The van der Waals surface area contributed by atoms with Crippen LogP contribution in [0, 0.1) is 5.92 Å². The molecule has 1 atom stereocenters. The van der Waals surface area contributed by atoms with E-state index >= 15 is 0 Å². The minimum absolute atomic E-state index is 0.207. The van der Waals surface area contributed by atoms with Gasteiger partial charge in [-0.25, -0.2) is 8.42 Å². The molecule has 0 aliphatic heterocycles. The van der Waals surface area contributed by atoms with E-state index in [1.54, 1.807) is 54.6 Å². The molecule has 3 rings (SSSR count). The predicted octanol–water partition coefficient (Wildman–Crippen LogP) is 4.51. The van der Waals surface area contributed by atoms with Gasteiger partial charge in [-0.15, -0.1) is 0 Å². The highest BCUT2D eigenvalue weighted by atomic mass is 32.2. The lowest BCUT2D eigenvalue weighted by Gasteiger charge is -2.20. The van der Waals surface area contributed by atoms with Gasteiger partial charge in [-0.2, -0.15) is 0 Å². The lowest BCUT2D eigenvalue weighted by Crippen LogP contribution is -2.30. The second-order valence-electron chi connectivity index (χ2n) is 7.51. The molecule has 5 nitrogen and oxygen atoms in total. The number of benzene rings is 3. The van der Waals surface area contributed by atoms with Gasteiger partial charge in [-0.1, -0.05) is 67.9 Å². The Bertz CT molecular complexity index is 1100. The van der Waals surface area contributed by atoms with Gasteiger partial charge in [0.2, 0.25) is 0 Å². The van der Waals surface area contributed by atoms with Crippen molar-refractivity contribution in [2.24, 2.45) is 5.92 Å². The van der Waals surface area contributed by atoms with Crippen LogP contribution in [-0.2, 0) is 16.4 Å². The smallest absolute Gasteiger partial charge is 0.264 e. The average molecular weight is 437 g/mol. The monoisotopic (exact) mass is 436 g/mol. The van der Waals surface area contributed by atoms with Crippen LogP contribution in [0.4, 0.5) is 5.69 Å². The van der Waals surface area contributed by atoms with Crippen LogP contribution in [0.15, 0.2) is 89.8 Å². The number of amides is 1. The molecule has 6 heteroatoms. The molecule has 3 aromatic carbocycles. The number of nitrogens with one attached hydrogen (secondary N) is 1. The molecule has 0 fully saturated rings. The van der Waals surface area contributed by atoms with Gasteiger partial charge in [0.05, 0.1) is 10.6 Å². The topological polar surface area (TPSA) is 66.5 Å². The van der Waals surface area contributed by atoms with E-state index < -0.39 is 10.0 Å². The Morgan fingerprint density at radius 2 is 1.58 bits per heavy atom. The fraction of sp³-hybridized carbons (Fsp3) is 0.240. The van der Waals surface area contributed by atoms with Gasteiger partial charge in [-0.3, -0.25) is 9.10 Å². The molecule has 0 unspecified atom stereocenters. The van der Waals surface area contributed by atoms with Crippen molar-refractivity contribution < 1.29 is 13.2 Å². The molecule has 0 bridgehead atoms. The molecule has 0 spiro atoms. The largest absolute Gasteiger partial charge is 0.352 e. The summed E-state index contributed by atoms with van der Waals surface area (Å²) in [6.07, 6.45) is 1.85. The van der Waals surface area contributed by atoms with Gasteiger partial charge in [0.15, 0.2) is 0 Å². The lowest BCUT2D eigenvalue weighted by atomic mass is 9.97. The van der Waals surface area contributed by atoms with E-state index in [-0.39, 0.29) is 10.8 Å². The minimum atomic E-state index is -3.70. The Morgan fingerprint density at radius 3 is 2.23 bits per heavy atom. The number of nitrogens with zero attached hydrogens (tertiary/aromatic N) is 1. The number of anilines is 1. The van der Waals surface area contributed by atoms with Crippen LogP contribution in [0.3, 0.4) is 0 Å². The summed E-state index contributed by atoms with van der Waals surface area (Å²) in [7, 11) is -2.20. The maximum absolute atomic E-state index is 12.9. The molecule has 0 aromatic heterocycles. The first-order chi connectivity index (χ1) is 14.9. The molecule has 31 heavy (non-hydrogen) atoms. The highest BCUT2D eigenvalue weighted by Crippen LogP contribution is 2.23. The number of hydrogen-bond donors (Lipinski definition) is 1. The Labute approximate surface area is 184 Å². The lowest BCUT2D eigenvalue weighted by molar-refractivity contribution is 0.0946. The van der Waals surface area contributed by atoms with E-state index in [2.05, 4.69) is 24.4 Å². The van der Waals surface area contributed by atoms with Crippen LogP contribution in [0.2, 0.25) is 0 Å². The fourth-order valence-corrected chi connectivity index (χ4v) is 4.59. The van der Waals surface area contributed by atoms with Crippen LogP contribution in [0.5, 0.6) is 0 Å². The average Bonchev–Trinajstić information content (AvgIpc) is 2.82. The van der Waals surface area contributed by atoms with Crippen molar-refractivity contribution in [3.05, 3.63) is 96.1 Å². The zero-order valence-electron chi connectivity index (χ0n) is 17.9. The highest BCUT2D eigenvalue weighted by molar-refractivity contribution is 7.92. The molecular weight excluding hydrogens is 408 g/mol. The van der Waals surface area contributed by atoms with Gasteiger partial charge in [0.1, 0.15) is 0 Å². The summed E-state index contributed by atoms with van der Waals surface area (Å²) in [5.74, 6) is 0.120. The van der Waals surface area contributed by atoms with E-state index in [1.807, 2.05) is 18.2 Å². The SMILES string of the molecule is CC[C@@H](CNC(=O)c1cccc(N(C)S(=O)(=O)c2ccccc2)c1)Cc1ccccc1. The van der Waals surface area contributed by atoms with Crippen molar-refractivity contribution in [1.82, 2.24) is 5.32 Å². The third kappa shape index (κ3) is 5.73. The molecule has 1 amide bonds. The zero-order valence-corrected chi connectivity index (χ0v) is 18.7. The highest BCUT2D eigenvalue weighted by Gasteiger charge is 2.21. The third-order valence-corrected chi connectivity index (χ3v) is 7.17. The van der Waals surface area contributed by atoms with Crippen molar-refractivity contribution in [2.45, 2.75) is 24.7 Å². The normalized spacial score (nSPS) is 12.2. The number of carbonyl (C=O) groups is 1. The van der Waals surface area contributed by atoms with E-state index in [4.69, 9.17) is 0 Å². The van der Waals surface area contributed by atoms with Crippen molar-refractivity contribution >= 4 is 21.6 Å². The third-order valence-electron chi connectivity index (χ3n) is 5.37. The van der Waals surface area contributed by atoms with Gasteiger partial charge in [0.25, 0.3) is 15.9 Å². The van der Waals surface area contributed by atoms with Crippen LogP contribution in [0.1, 0.15) is 29.3 Å². The maximum atomic E-state index is 12.9. The van der Waals surface area contributed by atoms with Crippen LogP contribution in [0.25, 0.3) is 0 Å². The zero-order chi connectivity index (χ0) is 22.3. The first-order valence-electron chi connectivity index (χ1n) is 10.4. The summed E-state index contributed by atoms with van der Waals surface area (Å²) in [5.41, 5.74) is 2.12. The quantitative estimate of drug-likeness (QED) is 0.537. The number of hydrogen-bond acceptors (Lipinski definition) is 3. The second-order valence-corrected chi connectivity index (χ2v) is 9.48. The molecule has 0 aliphatic rings. The van der Waals surface area contributed by atoms with Crippen LogP contribution >= 0.6 is 0 Å². The molecule has 0 heterocycles. The standard InChI is InChI=1S/C25H28N2O3S/c1-3-20(17-21-11-6-4-7-12-21)19-26-25(28)22-13-10-14-23(18-22)27(2)31(29,30)24-15-8-5-9-16-24/h4-16,18,20H,3,17,19H2,1-2H3,(H,26,28)/t20-/m1/s1. The van der Waals surface area contributed by atoms with E-state index in [0.29, 0.717) is 23.7 Å². The number of carbonyl (C=O) groups excluding carboxylic acids is 1. The molecule has 0 aliphatic carbocycles. The molecule has 0 saturated carbocycles. The number of rotatable bonds is 9. The van der Waals surface area contributed by atoms with Crippen LogP contribution in [-0.4, -0.2) is 27.9 Å². The molecule has 1 N–H and O–H groups in total. The van der Waals surface area contributed by atoms with Gasteiger partial charge < -0.3 is 5.32 Å². The van der Waals surface area contributed by atoms with E-state index in [0.717, 1.165) is 12.8 Å². The van der Waals surface area contributed by atoms with Crippen molar-refractivity contribution in [2.75, 3.05) is 17.9 Å². The fourth-order valence-electron chi connectivity index (χ4n) is 3.38. The molecule has 3 aromatic rings. The summed E-state index contributed by atoms with van der Waals surface area (Å²) >= 11 is 0. The van der Waals surface area contributed by atoms with Gasteiger partial charge >= 0.3 is 0 Å². The summed E-state index contributed by atoms with van der Waals surface area (Å²) in [5, 5.41) is 3.00. The van der Waals surface area contributed by atoms with Gasteiger partial charge in [0, 0.05) is 19.2 Å². The first kappa shape index (κ1) is 22.6. The summed E-state index contributed by atoms with van der Waals surface area (Å²) in [6, 6.07) is 25.2. The Balaban J connectivity index is 1.68. The molecule has 0 radical (unpaired) electrons. The summed E-state index contributed by atoms with van der Waals surface area (Å²) in [4.78, 5) is 12.9. The Morgan fingerprint density at radius 1 is 0.935 bits per heavy atom. The molecule has 162 valence electrons. The maximum Gasteiger partial charge on any atom is 0.264 e. The Hall–Kier alpha value is -3.12. The minimum Gasteiger partial charge on any atom is -0.352 e. The number of sulfonamides is 1. The predicted molar refractivity (Wildman–Crippen MR) is 125 cm³/mol. The Kier molecular flexibility index (Phi) is 7.47. The van der Waals surface area contributed by atoms with Gasteiger partial charge in [-0.05, 0) is 48.2 Å².